The second-order valence-corrected chi connectivity index (χ2v) is 24.9. The molecular formula is C70H128N2O6P+. The summed E-state index contributed by atoms with van der Waals surface area (Å²) in [6.07, 6.45) is 87.0. The number of aliphatic hydroxyl groups excluding tert-OH is 1. The molecule has 0 fully saturated rings. The first-order valence-corrected chi connectivity index (χ1v) is 34.6. The SMILES string of the molecule is CC/C=C\C/C=C\C/C=C\C/C=C\C/C=C\C/C=C\CCCCCCCCCCCCCCCCCCCCCCCCC(=O)NC(COP(=O)(O)OCC[N+](C)(C)C)C(O)/C=C/CC/C=C/CCCCCCCCCCCC. The fraction of sp³-hybridized carbons (Fsp3) is 0.757. The first kappa shape index (κ1) is 76.4. The van der Waals surface area contributed by atoms with E-state index in [9.17, 15) is 19.4 Å². The third-order valence-electron chi connectivity index (χ3n) is 14.5. The number of unbranched alkanes of at least 4 members (excludes halogenated alkanes) is 33. The number of nitrogens with one attached hydrogen (secondary N) is 1. The number of aliphatic hydroxyl groups is 1. The van der Waals surface area contributed by atoms with Gasteiger partial charge in [0.25, 0.3) is 0 Å². The Bertz CT molecular complexity index is 1610. The second-order valence-electron chi connectivity index (χ2n) is 23.5. The van der Waals surface area contributed by atoms with Gasteiger partial charge in [0, 0.05) is 6.42 Å². The first-order chi connectivity index (χ1) is 38.5. The summed E-state index contributed by atoms with van der Waals surface area (Å²) in [5.74, 6) is -0.185. The van der Waals surface area contributed by atoms with E-state index < -0.39 is 20.0 Å². The molecule has 0 bridgehead atoms. The van der Waals surface area contributed by atoms with Crippen molar-refractivity contribution in [1.82, 2.24) is 5.32 Å². The van der Waals surface area contributed by atoms with Crippen LogP contribution in [0.15, 0.2) is 97.2 Å². The number of phosphoric acid groups is 1. The maximum Gasteiger partial charge on any atom is 0.472 e. The number of allylic oxidation sites excluding steroid dienone is 15. The quantitative estimate of drug-likeness (QED) is 0.0243. The van der Waals surface area contributed by atoms with Crippen molar-refractivity contribution in [3.63, 3.8) is 0 Å². The van der Waals surface area contributed by atoms with Crippen LogP contribution < -0.4 is 5.32 Å². The van der Waals surface area contributed by atoms with Crippen LogP contribution in [0.5, 0.6) is 0 Å². The lowest BCUT2D eigenvalue weighted by molar-refractivity contribution is -0.870. The summed E-state index contributed by atoms with van der Waals surface area (Å²) in [6, 6.07) is -0.865. The zero-order valence-corrected chi connectivity index (χ0v) is 53.2. The van der Waals surface area contributed by atoms with Gasteiger partial charge in [-0.2, -0.15) is 0 Å². The number of hydrogen-bond acceptors (Lipinski definition) is 5. The topological polar surface area (TPSA) is 105 Å². The monoisotopic (exact) mass is 1120 g/mol. The van der Waals surface area contributed by atoms with Gasteiger partial charge in [0.2, 0.25) is 5.91 Å². The van der Waals surface area contributed by atoms with Crippen molar-refractivity contribution >= 4 is 13.7 Å². The second kappa shape index (κ2) is 60.0. The maximum absolute atomic E-state index is 13.0. The normalized spacial score (nSPS) is 14.4. The van der Waals surface area contributed by atoms with Crippen molar-refractivity contribution in [1.29, 1.82) is 0 Å². The predicted molar refractivity (Wildman–Crippen MR) is 346 cm³/mol. The molecule has 0 aromatic heterocycles. The molecule has 0 rings (SSSR count). The zero-order valence-electron chi connectivity index (χ0n) is 52.3. The van der Waals surface area contributed by atoms with Crippen molar-refractivity contribution < 1.29 is 32.9 Å². The summed E-state index contributed by atoms with van der Waals surface area (Å²) in [5.41, 5.74) is 0. The molecule has 0 aliphatic carbocycles. The van der Waals surface area contributed by atoms with E-state index in [0.717, 1.165) is 77.0 Å². The molecule has 0 saturated heterocycles. The zero-order chi connectivity index (χ0) is 57.7. The van der Waals surface area contributed by atoms with E-state index in [1.54, 1.807) is 6.08 Å². The van der Waals surface area contributed by atoms with Crippen molar-refractivity contribution in [2.45, 2.75) is 302 Å². The van der Waals surface area contributed by atoms with E-state index in [1.165, 1.54) is 193 Å². The molecule has 0 aliphatic rings. The molecule has 9 heteroatoms. The molecule has 3 N–H and O–H groups in total. The van der Waals surface area contributed by atoms with Crippen LogP contribution in [0.2, 0.25) is 0 Å². The predicted octanol–water partition coefficient (Wildman–Crippen LogP) is 20.9. The number of carbonyl (C=O) groups excluding carboxylic acids is 1. The maximum atomic E-state index is 13.0. The molecular weight excluding hydrogens is 996 g/mol. The largest absolute Gasteiger partial charge is 0.472 e. The summed E-state index contributed by atoms with van der Waals surface area (Å²) in [7, 11) is 1.56. The third kappa shape index (κ3) is 62.9. The molecule has 3 atom stereocenters. The fourth-order valence-corrected chi connectivity index (χ4v) is 10.2. The average Bonchev–Trinajstić information content (AvgIpc) is 3.42. The molecule has 0 aliphatic heterocycles. The Morgan fingerprint density at radius 2 is 0.772 bits per heavy atom. The number of amides is 1. The fourth-order valence-electron chi connectivity index (χ4n) is 9.42. The lowest BCUT2D eigenvalue weighted by atomic mass is 10.0. The molecule has 79 heavy (non-hydrogen) atoms. The molecule has 0 heterocycles. The lowest BCUT2D eigenvalue weighted by Crippen LogP contribution is -2.45. The molecule has 0 saturated carbocycles. The van der Waals surface area contributed by atoms with Gasteiger partial charge in [-0.3, -0.25) is 13.8 Å². The first-order valence-electron chi connectivity index (χ1n) is 33.1. The molecule has 0 aromatic rings. The Balaban J connectivity index is 3.95. The van der Waals surface area contributed by atoms with Crippen molar-refractivity contribution in [2.24, 2.45) is 0 Å². The Morgan fingerprint density at radius 1 is 0.443 bits per heavy atom. The minimum absolute atomic E-state index is 0.0551. The van der Waals surface area contributed by atoms with Gasteiger partial charge in [-0.05, 0) is 83.5 Å². The molecule has 0 spiro atoms. The molecule has 8 nitrogen and oxygen atoms in total. The van der Waals surface area contributed by atoms with E-state index in [-0.39, 0.29) is 19.1 Å². The van der Waals surface area contributed by atoms with Crippen LogP contribution in [0, 0.1) is 0 Å². The highest BCUT2D eigenvalue weighted by atomic mass is 31.2. The standard InChI is InChI=1S/C70H127N2O6P/c1-6-8-10-12-14-16-18-20-22-24-25-26-27-28-29-30-31-32-33-34-35-36-37-38-39-40-41-42-43-44-45-46-47-48-50-52-54-56-58-60-62-64-70(74)71-68(67-78-79(75,76)77-66-65-72(3,4)5)69(73)63-61-59-57-55-53-51-49-23-21-19-17-15-13-11-9-7-2/h8,10,14,16,20,22,25-26,28-29,31-32,53,55,61,63,68-69,73H,6-7,9,11-13,15,17-19,21,23-24,27,30,33-52,54,56-60,62,64-67H2,1-5H3,(H-,71,74,75,76)/p+1/b10-8-,16-14-,22-20-,26-25-,29-28-,32-31-,55-53+,63-61+. The van der Waals surface area contributed by atoms with Gasteiger partial charge in [0.05, 0.1) is 39.9 Å². The van der Waals surface area contributed by atoms with Crippen molar-refractivity contribution in [2.75, 3.05) is 40.9 Å². The highest BCUT2D eigenvalue weighted by Crippen LogP contribution is 2.43. The van der Waals surface area contributed by atoms with Gasteiger partial charge in [0.15, 0.2) is 0 Å². The van der Waals surface area contributed by atoms with Gasteiger partial charge < -0.3 is 19.8 Å². The highest BCUT2D eigenvalue weighted by Gasteiger charge is 2.27. The van der Waals surface area contributed by atoms with Crippen LogP contribution in [0.25, 0.3) is 0 Å². The summed E-state index contributed by atoms with van der Waals surface area (Å²) in [6.45, 7) is 4.69. The number of carbonyl (C=O) groups is 1. The van der Waals surface area contributed by atoms with Crippen LogP contribution in [0.3, 0.4) is 0 Å². The van der Waals surface area contributed by atoms with Gasteiger partial charge in [-0.15, -0.1) is 0 Å². The third-order valence-corrected chi connectivity index (χ3v) is 15.5. The van der Waals surface area contributed by atoms with Crippen LogP contribution in [-0.4, -0.2) is 73.4 Å². The van der Waals surface area contributed by atoms with E-state index >= 15 is 0 Å². The van der Waals surface area contributed by atoms with Crippen molar-refractivity contribution in [3.05, 3.63) is 97.2 Å². The number of rotatable bonds is 60. The number of phosphoric ester groups is 1. The van der Waals surface area contributed by atoms with Gasteiger partial charge >= 0.3 is 7.82 Å². The van der Waals surface area contributed by atoms with Crippen LogP contribution in [0.1, 0.15) is 290 Å². The molecule has 458 valence electrons. The smallest absolute Gasteiger partial charge is 0.387 e. The minimum Gasteiger partial charge on any atom is -0.387 e. The highest BCUT2D eigenvalue weighted by molar-refractivity contribution is 7.47. The van der Waals surface area contributed by atoms with E-state index in [1.807, 2.05) is 27.2 Å². The number of nitrogens with zero attached hydrogens (tertiary/aromatic N) is 1. The van der Waals surface area contributed by atoms with Crippen LogP contribution in [0.4, 0.5) is 0 Å². The van der Waals surface area contributed by atoms with E-state index in [0.29, 0.717) is 17.4 Å². The van der Waals surface area contributed by atoms with Gasteiger partial charge in [-0.25, -0.2) is 4.57 Å². The average molecular weight is 1120 g/mol. The number of quaternary nitrogens is 1. The molecule has 1 amide bonds. The van der Waals surface area contributed by atoms with Gasteiger partial charge in [0.1, 0.15) is 13.2 Å². The Morgan fingerprint density at radius 3 is 1.16 bits per heavy atom. The Labute approximate surface area is 489 Å². The van der Waals surface area contributed by atoms with Crippen molar-refractivity contribution in [3.8, 4) is 0 Å². The number of likely N-dealkylation sites (N-methyl/N-ethyl adjacent to an activating group) is 1. The number of hydrogen-bond donors (Lipinski definition) is 3. The van der Waals surface area contributed by atoms with Crippen LogP contribution in [-0.2, 0) is 18.4 Å². The molecule has 0 aromatic carbocycles. The Kier molecular flexibility index (Phi) is 58.1. The summed E-state index contributed by atoms with van der Waals surface area (Å²) in [5, 5.41) is 13.9. The summed E-state index contributed by atoms with van der Waals surface area (Å²) < 4.78 is 23.7. The Hall–Kier alpha value is -2.58. The van der Waals surface area contributed by atoms with E-state index in [2.05, 4.69) is 104 Å². The molecule has 3 unspecified atom stereocenters. The van der Waals surface area contributed by atoms with E-state index in [4.69, 9.17) is 9.05 Å². The summed E-state index contributed by atoms with van der Waals surface area (Å²) in [4.78, 5) is 23.3. The molecule has 0 radical (unpaired) electrons. The summed E-state index contributed by atoms with van der Waals surface area (Å²) >= 11 is 0. The van der Waals surface area contributed by atoms with Gasteiger partial charge in [-0.1, -0.05) is 297 Å². The van der Waals surface area contributed by atoms with Crippen LogP contribution >= 0.6 is 7.82 Å². The minimum atomic E-state index is -4.36. The lowest BCUT2D eigenvalue weighted by Gasteiger charge is -2.25.